The molecule has 2 heterocycles. The second-order valence-electron chi connectivity index (χ2n) is 6.04. The molecule has 1 aliphatic heterocycles. The van der Waals surface area contributed by atoms with E-state index in [0.29, 0.717) is 0 Å². The normalized spacial score (nSPS) is 13.4. The maximum Gasteiger partial charge on any atom is 0.128 e. The molecule has 6 heteroatoms. The first kappa shape index (κ1) is 19.3. The molecule has 1 aliphatic rings. The molecule has 1 saturated heterocycles. The summed E-state index contributed by atoms with van der Waals surface area (Å²) in [5.74, 6) is 2.72. The van der Waals surface area contributed by atoms with E-state index in [0.717, 1.165) is 49.1 Å². The van der Waals surface area contributed by atoms with Gasteiger partial charge in [0, 0.05) is 38.4 Å². The third-order valence-electron chi connectivity index (χ3n) is 4.31. The van der Waals surface area contributed by atoms with E-state index in [1.165, 1.54) is 18.4 Å². The van der Waals surface area contributed by atoms with Gasteiger partial charge in [0.15, 0.2) is 0 Å². The molecule has 1 aromatic heterocycles. The molecule has 25 heavy (non-hydrogen) atoms. The van der Waals surface area contributed by atoms with Gasteiger partial charge in [0.1, 0.15) is 17.3 Å². The molecular weight excluding hydrogens is 338 g/mol. The maximum atomic E-state index is 5.31. The molecule has 0 bridgehead atoms. The maximum absolute atomic E-state index is 5.31. The summed E-state index contributed by atoms with van der Waals surface area (Å²) in [6, 6.07) is 10.2. The third-order valence-corrected chi connectivity index (χ3v) is 4.31. The molecular formula is C19H26ClN3O2. The number of nitrogens with zero attached hydrogens (tertiary/aromatic N) is 2. The molecule has 0 atom stereocenters. The number of halogens is 1. The summed E-state index contributed by atoms with van der Waals surface area (Å²) in [7, 11) is 3.34. The van der Waals surface area contributed by atoms with Crippen molar-refractivity contribution in [1.82, 2.24) is 10.3 Å². The Morgan fingerprint density at radius 3 is 2.24 bits per heavy atom. The number of hydrogen-bond donors (Lipinski definition) is 1. The zero-order valence-electron chi connectivity index (χ0n) is 14.8. The van der Waals surface area contributed by atoms with Crippen LogP contribution in [0, 0.1) is 0 Å². The molecule has 1 aromatic carbocycles. The van der Waals surface area contributed by atoms with Crippen molar-refractivity contribution >= 4 is 18.2 Å². The van der Waals surface area contributed by atoms with Gasteiger partial charge in [0.25, 0.3) is 0 Å². The van der Waals surface area contributed by atoms with Crippen molar-refractivity contribution in [3.8, 4) is 11.5 Å². The highest BCUT2D eigenvalue weighted by molar-refractivity contribution is 5.85. The molecule has 1 fully saturated rings. The van der Waals surface area contributed by atoms with Crippen molar-refractivity contribution in [2.45, 2.75) is 25.9 Å². The first-order valence-electron chi connectivity index (χ1n) is 8.41. The van der Waals surface area contributed by atoms with Crippen LogP contribution in [-0.2, 0) is 13.1 Å². The lowest BCUT2D eigenvalue weighted by Gasteiger charge is -2.17. The van der Waals surface area contributed by atoms with Crippen molar-refractivity contribution in [2.24, 2.45) is 0 Å². The van der Waals surface area contributed by atoms with Crippen molar-refractivity contribution in [3.63, 3.8) is 0 Å². The molecule has 0 unspecified atom stereocenters. The van der Waals surface area contributed by atoms with Gasteiger partial charge in [0.05, 0.1) is 14.2 Å². The summed E-state index contributed by atoms with van der Waals surface area (Å²) in [6.07, 6.45) is 4.43. The SMILES string of the molecule is COc1cc(CNCc2ccnc(N3CCCC3)c2)cc(OC)c1.Cl. The van der Waals surface area contributed by atoms with Gasteiger partial charge in [0.2, 0.25) is 0 Å². The lowest BCUT2D eigenvalue weighted by Crippen LogP contribution is -2.19. The number of aromatic nitrogens is 1. The van der Waals surface area contributed by atoms with Crippen LogP contribution in [0.4, 0.5) is 5.82 Å². The summed E-state index contributed by atoms with van der Waals surface area (Å²) in [6.45, 7) is 3.80. The van der Waals surface area contributed by atoms with E-state index in [-0.39, 0.29) is 12.4 Å². The predicted octanol–water partition coefficient (Wildman–Crippen LogP) is 3.41. The topological polar surface area (TPSA) is 46.6 Å². The number of rotatable bonds is 7. The molecule has 136 valence electrons. The Hall–Kier alpha value is -1.98. The number of nitrogens with one attached hydrogen (secondary N) is 1. The van der Waals surface area contributed by atoms with Gasteiger partial charge in [-0.15, -0.1) is 12.4 Å². The van der Waals surface area contributed by atoms with Crippen molar-refractivity contribution in [1.29, 1.82) is 0 Å². The third kappa shape index (κ3) is 5.25. The second kappa shape index (κ2) is 9.49. The van der Waals surface area contributed by atoms with Crippen molar-refractivity contribution in [2.75, 3.05) is 32.2 Å². The first-order chi connectivity index (χ1) is 11.8. The summed E-state index contributed by atoms with van der Waals surface area (Å²) in [5.41, 5.74) is 2.39. The molecule has 5 nitrogen and oxygen atoms in total. The minimum Gasteiger partial charge on any atom is -0.497 e. The van der Waals surface area contributed by atoms with E-state index in [1.54, 1.807) is 14.2 Å². The van der Waals surface area contributed by atoms with Crippen LogP contribution in [0.1, 0.15) is 24.0 Å². The number of anilines is 1. The lowest BCUT2D eigenvalue weighted by molar-refractivity contribution is 0.393. The largest absolute Gasteiger partial charge is 0.497 e. The lowest BCUT2D eigenvalue weighted by atomic mass is 10.2. The average Bonchev–Trinajstić information content (AvgIpc) is 3.16. The highest BCUT2D eigenvalue weighted by Gasteiger charge is 2.13. The van der Waals surface area contributed by atoms with Gasteiger partial charge in [-0.2, -0.15) is 0 Å². The number of ether oxygens (including phenoxy) is 2. The molecule has 0 spiro atoms. The van der Waals surface area contributed by atoms with E-state index in [4.69, 9.17) is 9.47 Å². The fourth-order valence-electron chi connectivity index (χ4n) is 3.01. The van der Waals surface area contributed by atoms with Crippen molar-refractivity contribution < 1.29 is 9.47 Å². The van der Waals surface area contributed by atoms with Crippen LogP contribution in [0.5, 0.6) is 11.5 Å². The molecule has 3 rings (SSSR count). The van der Waals surface area contributed by atoms with Crippen LogP contribution in [0.3, 0.4) is 0 Å². The standard InChI is InChI=1S/C19H25N3O2.ClH/c1-23-17-9-16(10-18(12-17)24-2)14-20-13-15-5-6-21-19(11-15)22-7-3-4-8-22;/h5-6,9-12,20H,3-4,7-8,13-14H2,1-2H3;1H. The Morgan fingerprint density at radius 1 is 0.960 bits per heavy atom. The quantitative estimate of drug-likeness (QED) is 0.816. The van der Waals surface area contributed by atoms with E-state index in [2.05, 4.69) is 27.3 Å². The monoisotopic (exact) mass is 363 g/mol. The fraction of sp³-hybridized carbons (Fsp3) is 0.421. The number of methoxy groups -OCH3 is 2. The Balaban J connectivity index is 0.00000225. The first-order valence-corrected chi connectivity index (χ1v) is 8.41. The van der Waals surface area contributed by atoms with Crippen molar-refractivity contribution in [3.05, 3.63) is 47.7 Å². The molecule has 0 radical (unpaired) electrons. The van der Waals surface area contributed by atoms with E-state index >= 15 is 0 Å². The van der Waals surface area contributed by atoms with Crippen LogP contribution in [-0.4, -0.2) is 32.3 Å². The van der Waals surface area contributed by atoms with Crippen LogP contribution in [0.15, 0.2) is 36.5 Å². The number of pyridine rings is 1. The van der Waals surface area contributed by atoms with Crippen LogP contribution in [0.2, 0.25) is 0 Å². The number of hydrogen-bond acceptors (Lipinski definition) is 5. The van der Waals surface area contributed by atoms with Gasteiger partial charge in [-0.3, -0.25) is 0 Å². The summed E-state index contributed by atoms with van der Waals surface area (Å²) in [5, 5.41) is 3.48. The second-order valence-corrected chi connectivity index (χ2v) is 6.04. The minimum atomic E-state index is 0. The molecule has 0 amide bonds. The van der Waals surface area contributed by atoms with Crippen LogP contribution < -0.4 is 19.7 Å². The van der Waals surface area contributed by atoms with E-state index in [1.807, 2.05) is 24.4 Å². The zero-order chi connectivity index (χ0) is 16.8. The average molecular weight is 364 g/mol. The van der Waals surface area contributed by atoms with E-state index < -0.39 is 0 Å². The molecule has 0 aliphatic carbocycles. The Morgan fingerprint density at radius 2 is 1.60 bits per heavy atom. The summed E-state index contributed by atoms with van der Waals surface area (Å²) >= 11 is 0. The van der Waals surface area contributed by atoms with Gasteiger partial charge in [-0.05, 0) is 48.2 Å². The van der Waals surface area contributed by atoms with Gasteiger partial charge in [-0.25, -0.2) is 4.98 Å². The van der Waals surface area contributed by atoms with Crippen LogP contribution in [0.25, 0.3) is 0 Å². The van der Waals surface area contributed by atoms with Crippen LogP contribution >= 0.6 is 12.4 Å². The Kier molecular flexibility index (Phi) is 7.34. The van der Waals surface area contributed by atoms with Gasteiger partial charge in [-0.1, -0.05) is 0 Å². The smallest absolute Gasteiger partial charge is 0.128 e. The number of benzene rings is 1. The fourth-order valence-corrected chi connectivity index (χ4v) is 3.01. The minimum absolute atomic E-state index is 0. The van der Waals surface area contributed by atoms with Gasteiger partial charge < -0.3 is 19.7 Å². The highest BCUT2D eigenvalue weighted by Crippen LogP contribution is 2.22. The zero-order valence-corrected chi connectivity index (χ0v) is 15.6. The summed E-state index contributed by atoms with van der Waals surface area (Å²) < 4.78 is 10.6. The Bertz CT molecular complexity index is 653. The predicted molar refractivity (Wildman–Crippen MR) is 103 cm³/mol. The summed E-state index contributed by atoms with van der Waals surface area (Å²) in [4.78, 5) is 6.86. The Labute approximate surface area is 155 Å². The van der Waals surface area contributed by atoms with E-state index in [9.17, 15) is 0 Å². The molecule has 1 N–H and O–H groups in total. The highest BCUT2D eigenvalue weighted by atomic mass is 35.5. The molecule has 2 aromatic rings. The molecule has 0 saturated carbocycles. The van der Waals surface area contributed by atoms with Gasteiger partial charge >= 0.3 is 0 Å².